The zero-order chi connectivity index (χ0) is 20.2. The molecule has 154 valence electrons. The molecule has 1 atom stereocenters. The maximum absolute atomic E-state index is 12.7. The first-order valence-corrected chi connectivity index (χ1v) is 9.98. The maximum atomic E-state index is 12.7. The Morgan fingerprint density at radius 1 is 1.07 bits per heavy atom. The lowest BCUT2D eigenvalue weighted by Crippen LogP contribution is -2.51. The number of para-hydroxylation sites is 4. The fourth-order valence-corrected chi connectivity index (χ4v) is 3.75. The first-order chi connectivity index (χ1) is 14.1. The summed E-state index contributed by atoms with van der Waals surface area (Å²) in [6.07, 6.45) is -0.170. The van der Waals surface area contributed by atoms with E-state index in [2.05, 4.69) is 9.80 Å². The molecule has 2 aliphatic heterocycles. The van der Waals surface area contributed by atoms with Crippen LogP contribution in [0.2, 0.25) is 0 Å². The third-order valence-electron chi connectivity index (χ3n) is 5.42. The highest BCUT2D eigenvalue weighted by atomic mass is 16.6. The summed E-state index contributed by atoms with van der Waals surface area (Å²) >= 11 is 0. The number of piperazine rings is 1. The van der Waals surface area contributed by atoms with Crippen LogP contribution in [0.15, 0.2) is 48.5 Å². The summed E-state index contributed by atoms with van der Waals surface area (Å²) in [4.78, 5) is 18.7. The van der Waals surface area contributed by atoms with Gasteiger partial charge in [-0.05, 0) is 24.3 Å². The Kier molecular flexibility index (Phi) is 5.76. The summed E-state index contributed by atoms with van der Waals surface area (Å²) in [7, 11) is 1.81. The first-order valence-electron chi connectivity index (χ1n) is 9.98. The molecule has 2 aromatic carbocycles. The zero-order valence-corrected chi connectivity index (χ0v) is 16.7. The molecular formula is C22H27N3O4. The van der Waals surface area contributed by atoms with Crippen LogP contribution in [0.1, 0.15) is 0 Å². The van der Waals surface area contributed by atoms with Crippen molar-refractivity contribution in [3.8, 4) is 17.2 Å². The van der Waals surface area contributed by atoms with Crippen LogP contribution in [0.3, 0.4) is 0 Å². The Labute approximate surface area is 171 Å². The molecule has 7 heteroatoms. The average Bonchev–Trinajstić information content (AvgIpc) is 2.74. The molecule has 0 aliphatic carbocycles. The number of amides is 1. The maximum Gasteiger partial charge on any atom is 0.236 e. The van der Waals surface area contributed by atoms with E-state index in [-0.39, 0.29) is 12.0 Å². The molecule has 1 N–H and O–H groups in total. The van der Waals surface area contributed by atoms with Gasteiger partial charge in [0.1, 0.15) is 12.4 Å². The predicted octanol–water partition coefficient (Wildman–Crippen LogP) is 1.81. The number of ether oxygens (including phenoxy) is 2. The third kappa shape index (κ3) is 4.56. The zero-order valence-electron chi connectivity index (χ0n) is 16.7. The molecule has 1 saturated heterocycles. The molecule has 1 amide bonds. The van der Waals surface area contributed by atoms with Crippen LogP contribution in [0.4, 0.5) is 5.69 Å². The lowest BCUT2D eigenvalue weighted by molar-refractivity contribution is -0.132. The molecule has 2 heterocycles. The van der Waals surface area contributed by atoms with Crippen LogP contribution >= 0.6 is 0 Å². The Balaban J connectivity index is 1.24. The van der Waals surface area contributed by atoms with E-state index in [0.29, 0.717) is 25.4 Å². The topological polar surface area (TPSA) is 65.5 Å². The molecule has 7 nitrogen and oxygen atoms in total. The standard InChI is InChI=1S/C22H27N3O4/c1-23(14-17-16-28-20-8-4-5-9-21(20)29-17)22(27)15-24-10-12-25(13-11-24)18-6-2-3-7-19(18)26/h2-9,17,26H,10-16H2,1H3/t17-/m1/s1. The van der Waals surface area contributed by atoms with Gasteiger partial charge >= 0.3 is 0 Å². The number of likely N-dealkylation sites (N-methyl/N-ethyl adjacent to an activating group) is 1. The summed E-state index contributed by atoms with van der Waals surface area (Å²) in [6.45, 7) is 4.44. The summed E-state index contributed by atoms with van der Waals surface area (Å²) in [6, 6.07) is 15.0. The van der Waals surface area contributed by atoms with E-state index >= 15 is 0 Å². The number of carbonyl (C=O) groups is 1. The van der Waals surface area contributed by atoms with Gasteiger partial charge < -0.3 is 24.4 Å². The van der Waals surface area contributed by atoms with Crippen molar-refractivity contribution >= 4 is 11.6 Å². The van der Waals surface area contributed by atoms with E-state index in [4.69, 9.17) is 9.47 Å². The smallest absolute Gasteiger partial charge is 0.236 e. The average molecular weight is 397 g/mol. The van der Waals surface area contributed by atoms with E-state index in [1.165, 1.54) is 0 Å². The fourth-order valence-electron chi connectivity index (χ4n) is 3.75. The van der Waals surface area contributed by atoms with Crippen molar-refractivity contribution in [3.63, 3.8) is 0 Å². The number of aromatic hydroxyl groups is 1. The number of rotatable bonds is 5. The SMILES string of the molecule is CN(C[C@@H]1COc2ccccc2O1)C(=O)CN1CCN(c2ccccc2O)CC1. The van der Waals surface area contributed by atoms with Gasteiger partial charge in [-0.2, -0.15) is 0 Å². The van der Waals surface area contributed by atoms with E-state index in [9.17, 15) is 9.90 Å². The number of phenolic OH excluding ortho intramolecular Hbond substituents is 1. The quantitative estimate of drug-likeness (QED) is 0.830. The Morgan fingerprint density at radius 2 is 1.76 bits per heavy atom. The van der Waals surface area contributed by atoms with Crippen LogP contribution in [0, 0.1) is 0 Å². The van der Waals surface area contributed by atoms with Crippen molar-refractivity contribution in [2.75, 3.05) is 57.8 Å². The molecule has 0 radical (unpaired) electrons. The lowest BCUT2D eigenvalue weighted by Gasteiger charge is -2.36. The van der Waals surface area contributed by atoms with Crippen LogP contribution < -0.4 is 14.4 Å². The van der Waals surface area contributed by atoms with Crippen LogP contribution in [0.5, 0.6) is 17.2 Å². The Morgan fingerprint density at radius 3 is 2.52 bits per heavy atom. The molecule has 1 fully saturated rings. The van der Waals surface area contributed by atoms with E-state index in [0.717, 1.165) is 43.4 Å². The van der Waals surface area contributed by atoms with Crippen molar-refractivity contribution in [2.24, 2.45) is 0 Å². The highest BCUT2D eigenvalue weighted by Crippen LogP contribution is 2.31. The van der Waals surface area contributed by atoms with Crippen molar-refractivity contribution in [3.05, 3.63) is 48.5 Å². The van der Waals surface area contributed by atoms with Gasteiger partial charge in [-0.1, -0.05) is 24.3 Å². The number of carbonyl (C=O) groups excluding carboxylic acids is 1. The molecule has 0 saturated carbocycles. The molecule has 0 spiro atoms. The van der Waals surface area contributed by atoms with Gasteiger partial charge in [0.15, 0.2) is 17.6 Å². The second-order valence-corrected chi connectivity index (χ2v) is 7.52. The van der Waals surface area contributed by atoms with Crippen molar-refractivity contribution < 1.29 is 19.4 Å². The molecular weight excluding hydrogens is 370 g/mol. The third-order valence-corrected chi connectivity index (χ3v) is 5.42. The van der Waals surface area contributed by atoms with Crippen molar-refractivity contribution in [1.29, 1.82) is 0 Å². The largest absolute Gasteiger partial charge is 0.506 e. The van der Waals surface area contributed by atoms with Crippen LogP contribution in [-0.2, 0) is 4.79 Å². The van der Waals surface area contributed by atoms with Crippen molar-refractivity contribution in [2.45, 2.75) is 6.10 Å². The normalized spacial score (nSPS) is 19.1. The first kappa shape index (κ1) is 19.4. The van der Waals surface area contributed by atoms with Gasteiger partial charge in [-0.15, -0.1) is 0 Å². The number of fused-ring (bicyclic) bond motifs is 1. The van der Waals surface area contributed by atoms with Gasteiger partial charge in [0, 0.05) is 33.2 Å². The summed E-state index contributed by atoms with van der Waals surface area (Å²) < 4.78 is 11.7. The summed E-state index contributed by atoms with van der Waals surface area (Å²) in [5.41, 5.74) is 0.852. The number of hydrogen-bond donors (Lipinski definition) is 1. The molecule has 4 rings (SSSR count). The summed E-state index contributed by atoms with van der Waals surface area (Å²) in [5, 5.41) is 10.0. The molecule has 2 aromatic rings. The van der Waals surface area contributed by atoms with Gasteiger partial charge in [0.05, 0.1) is 18.8 Å². The Bertz CT molecular complexity index is 851. The second kappa shape index (κ2) is 8.61. The van der Waals surface area contributed by atoms with Crippen LogP contribution in [0.25, 0.3) is 0 Å². The number of anilines is 1. The number of hydrogen-bond acceptors (Lipinski definition) is 6. The molecule has 2 aliphatic rings. The molecule has 0 aromatic heterocycles. The van der Waals surface area contributed by atoms with Crippen molar-refractivity contribution in [1.82, 2.24) is 9.80 Å². The highest BCUT2D eigenvalue weighted by molar-refractivity contribution is 5.78. The minimum Gasteiger partial charge on any atom is -0.506 e. The second-order valence-electron chi connectivity index (χ2n) is 7.52. The van der Waals surface area contributed by atoms with E-state index in [1.54, 1.807) is 11.0 Å². The van der Waals surface area contributed by atoms with Gasteiger partial charge in [0.2, 0.25) is 5.91 Å². The number of nitrogens with zero attached hydrogens (tertiary/aromatic N) is 3. The van der Waals surface area contributed by atoms with Crippen LogP contribution in [-0.4, -0.2) is 79.8 Å². The van der Waals surface area contributed by atoms with Gasteiger partial charge in [0.25, 0.3) is 0 Å². The number of phenols is 1. The lowest BCUT2D eigenvalue weighted by atomic mass is 10.2. The van der Waals surface area contributed by atoms with Gasteiger partial charge in [-0.25, -0.2) is 0 Å². The molecule has 0 bridgehead atoms. The summed E-state index contributed by atoms with van der Waals surface area (Å²) in [5.74, 6) is 1.85. The van der Waals surface area contributed by atoms with Gasteiger partial charge in [-0.3, -0.25) is 9.69 Å². The van der Waals surface area contributed by atoms with E-state index in [1.807, 2.05) is 49.5 Å². The number of benzene rings is 2. The minimum absolute atomic E-state index is 0.0727. The fraction of sp³-hybridized carbons (Fsp3) is 0.409. The molecule has 0 unspecified atom stereocenters. The molecule has 29 heavy (non-hydrogen) atoms. The Hall–Kier alpha value is -2.93. The predicted molar refractivity (Wildman–Crippen MR) is 111 cm³/mol. The highest BCUT2D eigenvalue weighted by Gasteiger charge is 2.26. The van der Waals surface area contributed by atoms with E-state index < -0.39 is 0 Å². The monoisotopic (exact) mass is 397 g/mol. The minimum atomic E-state index is -0.170.